The van der Waals surface area contributed by atoms with Gasteiger partial charge in [0, 0.05) is 26.2 Å². The van der Waals surface area contributed by atoms with Crippen molar-refractivity contribution in [1.82, 2.24) is 20.0 Å². The summed E-state index contributed by atoms with van der Waals surface area (Å²) in [6, 6.07) is 14.3. The molecule has 2 aromatic carbocycles. The van der Waals surface area contributed by atoms with Crippen LogP contribution in [0, 0.1) is 5.82 Å². The summed E-state index contributed by atoms with van der Waals surface area (Å²) in [7, 11) is 0. The molecule has 0 unspecified atom stereocenters. The van der Waals surface area contributed by atoms with Gasteiger partial charge in [0.1, 0.15) is 11.6 Å². The van der Waals surface area contributed by atoms with Gasteiger partial charge in [-0.3, -0.25) is 14.4 Å². The molecule has 8 nitrogen and oxygen atoms in total. The van der Waals surface area contributed by atoms with Crippen LogP contribution in [0.2, 0.25) is 0 Å². The number of carbonyl (C=O) groups excluding carboxylic acids is 2. The average molecular weight is 479 g/mol. The zero-order valence-corrected chi connectivity index (χ0v) is 18.7. The molecule has 1 aliphatic rings. The Hall–Kier alpha value is -4.05. The number of carbonyl (C=O) groups is 2. The van der Waals surface area contributed by atoms with Crippen molar-refractivity contribution in [3.63, 3.8) is 0 Å². The number of fused-ring (bicyclic) bond motifs is 1. The van der Waals surface area contributed by atoms with Crippen molar-refractivity contribution >= 4 is 33.9 Å². The molecule has 0 bridgehead atoms. The lowest BCUT2D eigenvalue weighted by molar-refractivity contribution is 0.0535. The maximum Gasteiger partial charge on any atom is 0.272 e. The van der Waals surface area contributed by atoms with Crippen molar-refractivity contribution in [3.05, 3.63) is 86.6 Å². The average Bonchev–Trinajstić information content (AvgIpc) is 3.41. The number of thiophene rings is 1. The van der Waals surface area contributed by atoms with Crippen LogP contribution in [0.4, 0.5) is 4.39 Å². The van der Waals surface area contributed by atoms with Crippen LogP contribution in [0.5, 0.6) is 11.6 Å². The Kier molecular flexibility index (Phi) is 5.81. The van der Waals surface area contributed by atoms with E-state index in [1.165, 1.54) is 28.4 Å². The molecule has 1 N–H and O–H groups in total. The number of nitrogens with one attached hydrogen (secondary N) is 1. The first-order chi connectivity index (χ1) is 16.5. The lowest BCUT2D eigenvalue weighted by atomic mass is 10.1. The second-order valence-electron chi connectivity index (χ2n) is 7.71. The Morgan fingerprint density at radius 3 is 2.35 bits per heavy atom. The van der Waals surface area contributed by atoms with Gasteiger partial charge in [0.05, 0.1) is 21.2 Å². The van der Waals surface area contributed by atoms with Gasteiger partial charge in [-0.2, -0.15) is 0 Å². The van der Waals surface area contributed by atoms with Crippen LogP contribution in [0.25, 0.3) is 10.8 Å². The molecule has 172 valence electrons. The molecule has 1 fully saturated rings. The van der Waals surface area contributed by atoms with E-state index in [2.05, 4.69) is 10.2 Å². The number of piperazine rings is 1. The van der Waals surface area contributed by atoms with Crippen LogP contribution in [-0.2, 0) is 0 Å². The van der Waals surface area contributed by atoms with Crippen LogP contribution in [0.3, 0.4) is 0 Å². The van der Waals surface area contributed by atoms with E-state index in [-0.39, 0.29) is 28.7 Å². The molecule has 0 atom stereocenters. The largest absolute Gasteiger partial charge is 0.437 e. The number of rotatable bonds is 4. The van der Waals surface area contributed by atoms with Gasteiger partial charge in [-0.05, 0) is 41.8 Å². The number of halogens is 1. The summed E-state index contributed by atoms with van der Waals surface area (Å²) in [5, 5.41) is 9.07. The number of aromatic amines is 1. The van der Waals surface area contributed by atoms with Crippen LogP contribution >= 0.6 is 11.3 Å². The fourth-order valence-corrected chi connectivity index (χ4v) is 4.54. The van der Waals surface area contributed by atoms with Crippen molar-refractivity contribution in [3.8, 4) is 11.6 Å². The zero-order chi connectivity index (χ0) is 23.7. The molecule has 5 rings (SSSR count). The molecule has 3 heterocycles. The first-order valence-corrected chi connectivity index (χ1v) is 11.5. The van der Waals surface area contributed by atoms with E-state index in [9.17, 15) is 18.8 Å². The van der Waals surface area contributed by atoms with E-state index < -0.39 is 11.7 Å². The molecule has 0 radical (unpaired) electrons. The molecule has 0 saturated carbocycles. The molecule has 1 saturated heterocycles. The Balaban J connectivity index is 1.33. The molecule has 2 amide bonds. The molecular weight excluding hydrogens is 459 g/mol. The van der Waals surface area contributed by atoms with Gasteiger partial charge in [0.15, 0.2) is 0 Å². The number of nitrogens with zero attached hydrogens (tertiary/aromatic N) is 3. The minimum Gasteiger partial charge on any atom is -0.437 e. The molecular formula is C24H19FN4O4S. The van der Waals surface area contributed by atoms with Gasteiger partial charge in [-0.1, -0.05) is 18.2 Å². The third kappa shape index (κ3) is 4.15. The second kappa shape index (κ2) is 9.06. The third-order valence-electron chi connectivity index (χ3n) is 5.63. The van der Waals surface area contributed by atoms with Crippen molar-refractivity contribution in [2.45, 2.75) is 0 Å². The molecule has 10 heteroatoms. The van der Waals surface area contributed by atoms with Gasteiger partial charge in [-0.25, -0.2) is 9.49 Å². The van der Waals surface area contributed by atoms with E-state index in [0.29, 0.717) is 41.8 Å². The number of amides is 2. The first kappa shape index (κ1) is 21.8. The topological polar surface area (TPSA) is 95.6 Å². The van der Waals surface area contributed by atoms with E-state index in [0.717, 1.165) is 6.07 Å². The van der Waals surface area contributed by atoms with Crippen LogP contribution in [0.15, 0.2) is 64.8 Å². The molecule has 2 aromatic heterocycles. The smallest absolute Gasteiger partial charge is 0.272 e. The highest BCUT2D eigenvalue weighted by Crippen LogP contribution is 2.27. The standard InChI is InChI=1S/C24H19FN4O4S/c25-19-8-7-15(33-22-17-5-2-1-4-16(17)21(30)26-27-22)14-18(19)23(31)28-9-11-29(12-10-28)24(32)20-6-3-13-34-20/h1-8,13-14H,9-12H2,(H,26,30). The van der Waals surface area contributed by atoms with Crippen molar-refractivity contribution in [1.29, 1.82) is 0 Å². The lowest BCUT2D eigenvalue weighted by Gasteiger charge is -2.34. The number of hydrogen-bond acceptors (Lipinski definition) is 6. The fraction of sp³-hybridized carbons (Fsp3) is 0.167. The number of aromatic nitrogens is 2. The van der Waals surface area contributed by atoms with E-state index in [1.54, 1.807) is 35.2 Å². The predicted octanol–water partition coefficient (Wildman–Crippen LogP) is 3.51. The summed E-state index contributed by atoms with van der Waals surface area (Å²) in [5.74, 6) is -0.870. The number of benzene rings is 2. The summed E-state index contributed by atoms with van der Waals surface area (Å²) in [6.07, 6.45) is 0. The lowest BCUT2D eigenvalue weighted by Crippen LogP contribution is -2.50. The van der Waals surface area contributed by atoms with E-state index >= 15 is 0 Å². The maximum atomic E-state index is 14.6. The highest BCUT2D eigenvalue weighted by molar-refractivity contribution is 7.12. The summed E-state index contributed by atoms with van der Waals surface area (Å²) >= 11 is 1.37. The number of ether oxygens (including phenoxy) is 1. The third-order valence-corrected chi connectivity index (χ3v) is 6.49. The number of H-pyrrole nitrogens is 1. The van der Waals surface area contributed by atoms with Crippen LogP contribution in [0.1, 0.15) is 20.0 Å². The summed E-state index contributed by atoms with van der Waals surface area (Å²) in [5.41, 5.74) is -0.487. The van der Waals surface area contributed by atoms with Gasteiger partial charge in [-0.15, -0.1) is 16.4 Å². The summed E-state index contributed by atoms with van der Waals surface area (Å²) < 4.78 is 20.4. The fourth-order valence-electron chi connectivity index (χ4n) is 3.85. The number of hydrogen-bond donors (Lipinski definition) is 1. The Bertz CT molecular complexity index is 1430. The van der Waals surface area contributed by atoms with Gasteiger partial charge < -0.3 is 14.5 Å². The summed E-state index contributed by atoms with van der Waals surface area (Å²) in [6.45, 7) is 1.33. The molecule has 0 spiro atoms. The van der Waals surface area contributed by atoms with Crippen LogP contribution in [-0.4, -0.2) is 58.0 Å². The van der Waals surface area contributed by atoms with E-state index in [1.807, 2.05) is 11.4 Å². The Labute approximate surface area is 197 Å². The SMILES string of the molecule is O=C(c1cccs1)N1CCN(C(=O)c2cc(Oc3n[nH]c(=O)c4ccccc34)ccc2F)CC1. The highest BCUT2D eigenvalue weighted by Gasteiger charge is 2.27. The maximum absolute atomic E-state index is 14.6. The highest BCUT2D eigenvalue weighted by atomic mass is 32.1. The normalized spacial score (nSPS) is 13.8. The van der Waals surface area contributed by atoms with Gasteiger partial charge in [0.25, 0.3) is 17.4 Å². The summed E-state index contributed by atoms with van der Waals surface area (Å²) in [4.78, 5) is 41.4. The zero-order valence-electron chi connectivity index (χ0n) is 17.9. The van der Waals surface area contributed by atoms with Gasteiger partial charge >= 0.3 is 0 Å². The quantitative estimate of drug-likeness (QED) is 0.484. The minimum atomic E-state index is -0.672. The molecule has 0 aliphatic carbocycles. The van der Waals surface area contributed by atoms with E-state index in [4.69, 9.17) is 4.74 Å². The molecule has 1 aliphatic heterocycles. The van der Waals surface area contributed by atoms with Crippen molar-refractivity contribution < 1.29 is 18.7 Å². The van der Waals surface area contributed by atoms with Crippen molar-refractivity contribution in [2.75, 3.05) is 26.2 Å². The first-order valence-electron chi connectivity index (χ1n) is 10.6. The monoisotopic (exact) mass is 478 g/mol. The second-order valence-corrected chi connectivity index (χ2v) is 8.66. The minimum absolute atomic E-state index is 0.0655. The van der Waals surface area contributed by atoms with Gasteiger partial charge in [0.2, 0.25) is 5.88 Å². The molecule has 4 aromatic rings. The molecule has 34 heavy (non-hydrogen) atoms. The Morgan fingerprint density at radius 1 is 0.941 bits per heavy atom. The van der Waals surface area contributed by atoms with Crippen molar-refractivity contribution in [2.24, 2.45) is 0 Å². The predicted molar refractivity (Wildman–Crippen MR) is 125 cm³/mol. The Morgan fingerprint density at radius 2 is 1.65 bits per heavy atom. The van der Waals surface area contributed by atoms with Crippen LogP contribution < -0.4 is 10.3 Å².